The zero-order valence-corrected chi connectivity index (χ0v) is 19.9. The molecule has 0 amide bonds. The molecule has 1 saturated carbocycles. The molecular weight excluding hydrogens is 445 g/mol. The monoisotopic (exact) mass is 480 g/mol. The average molecular weight is 481 g/mol. The first-order valence-electron chi connectivity index (χ1n) is 11.1. The van der Waals surface area contributed by atoms with Crippen molar-refractivity contribution in [1.82, 2.24) is 9.21 Å². The van der Waals surface area contributed by atoms with Gasteiger partial charge in [0.15, 0.2) is 0 Å². The van der Waals surface area contributed by atoms with E-state index in [1.807, 2.05) is 0 Å². The number of hydrogen-bond acceptors (Lipinski definition) is 5. The Kier molecular flexibility index (Phi) is 10.4. The Balaban J connectivity index is 1.79. The number of nitrogens with zero attached hydrogens (tertiary/aromatic N) is 2. The molecule has 1 fully saturated rings. The molecule has 1 aliphatic carbocycles. The van der Waals surface area contributed by atoms with Crippen molar-refractivity contribution >= 4 is 10.0 Å². The first-order chi connectivity index (χ1) is 15.1. The summed E-state index contributed by atoms with van der Waals surface area (Å²) in [7, 11) is -0.658. The van der Waals surface area contributed by atoms with Crippen molar-refractivity contribution in [2.45, 2.75) is 62.2 Å². The number of alkyl halides is 3. The van der Waals surface area contributed by atoms with Gasteiger partial charge < -0.3 is 14.4 Å². The smallest absolute Gasteiger partial charge is 0.383 e. The second-order valence-corrected chi connectivity index (χ2v) is 10.1. The van der Waals surface area contributed by atoms with Crippen LogP contribution in [0.15, 0.2) is 29.2 Å². The minimum Gasteiger partial charge on any atom is -0.383 e. The molecule has 0 atom stereocenters. The molecule has 0 aliphatic heterocycles. The van der Waals surface area contributed by atoms with Crippen LogP contribution in [0.3, 0.4) is 0 Å². The molecule has 0 bridgehead atoms. The Bertz CT molecular complexity index is 779. The highest BCUT2D eigenvalue weighted by molar-refractivity contribution is 7.89. The van der Waals surface area contributed by atoms with Gasteiger partial charge in [0.2, 0.25) is 10.0 Å². The summed E-state index contributed by atoms with van der Waals surface area (Å²) in [5.41, 5.74) is -0.863. The van der Waals surface area contributed by atoms with Crippen LogP contribution < -0.4 is 0 Å². The van der Waals surface area contributed by atoms with E-state index in [4.69, 9.17) is 9.47 Å². The van der Waals surface area contributed by atoms with Crippen molar-refractivity contribution in [3.63, 3.8) is 0 Å². The van der Waals surface area contributed by atoms with Crippen molar-refractivity contribution in [3.05, 3.63) is 29.8 Å². The highest BCUT2D eigenvalue weighted by atomic mass is 32.2. The van der Waals surface area contributed by atoms with Crippen LogP contribution in [0.1, 0.15) is 44.6 Å². The number of likely N-dealkylation sites (N-methyl/N-ethyl adjacent to an activating group) is 1. The van der Waals surface area contributed by atoms with E-state index in [2.05, 4.69) is 11.8 Å². The topological polar surface area (TPSA) is 59.1 Å². The SMILES string of the molecule is CCN(CCCO[C@H]1CC[C@H](N(C)S(=O)(=O)c2ccc(C(F)(F)F)cc2)CC1)CCOC. The molecule has 0 aromatic heterocycles. The standard InChI is InChI=1S/C22H35F3N2O4S/c1-4-27(15-17-30-3)14-5-16-31-20-10-8-19(9-11-20)26(2)32(28,29)21-12-6-18(7-13-21)22(23,24)25/h6-7,12-13,19-20H,4-5,8-11,14-17H2,1-3H3/t19-,20-. The average Bonchev–Trinajstić information content (AvgIpc) is 2.78. The number of benzene rings is 1. The Labute approximate surface area is 189 Å². The van der Waals surface area contributed by atoms with E-state index in [0.717, 1.165) is 63.2 Å². The van der Waals surface area contributed by atoms with E-state index < -0.39 is 21.8 Å². The fraction of sp³-hybridized carbons (Fsp3) is 0.727. The maximum absolute atomic E-state index is 12.9. The summed E-state index contributed by atoms with van der Waals surface area (Å²) in [5, 5.41) is 0. The third-order valence-electron chi connectivity index (χ3n) is 6.05. The van der Waals surface area contributed by atoms with Crippen LogP contribution in [-0.4, -0.2) is 76.8 Å². The van der Waals surface area contributed by atoms with Gasteiger partial charge in [-0.2, -0.15) is 17.5 Å². The molecule has 1 aromatic carbocycles. The largest absolute Gasteiger partial charge is 0.416 e. The molecule has 1 aromatic rings. The van der Waals surface area contributed by atoms with Crippen LogP contribution in [0.25, 0.3) is 0 Å². The maximum Gasteiger partial charge on any atom is 0.416 e. The van der Waals surface area contributed by atoms with E-state index in [0.29, 0.717) is 26.1 Å². The fourth-order valence-corrected chi connectivity index (χ4v) is 5.36. The van der Waals surface area contributed by atoms with E-state index in [9.17, 15) is 21.6 Å². The molecule has 184 valence electrons. The van der Waals surface area contributed by atoms with Gasteiger partial charge in [-0.25, -0.2) is 8.42 Å². The predicted molar refractivity (Wildman–Crippen MR) is 117 cm³/mol. The highest BCUT2D eigenvalue weighted by Crippen LogP contribution is 2.32. The Morgan fingerprint density at radius 3 is 2.19 bits per heavy atom. The van der Waals surface area contributed by atoms with Crippen LogP contribution in [0.2, 0.25) is 0 Å². The van der Waals surface area contributed by atoms with Crippen LogP contribution in [0, 0.1) is 0 Å². The van der Waals surface area contributed by atoms with Crippen molar-refractivity contribution < 1.29 is 31.1 Å². The van der Waals surface area contributed by atoms with Gasteiger partial charge in [0.05, 0.1) is 23.2 Å². The van der Waals surface area contributed by atoms with Crippen LogP contribution in [0.5, 0.6) is 0 Å². The molecule has 6 nitrogen and oxygen atoms in total. The van der Waals surface area contributed by atoms with E-state index >= 15 is 0 Å². The minimum atomic E-state index is -4.49. The zero-order chi connectivity index (χ0) is 23.8. The normalized spacial score (nSPS) is 20.2. The molecule has 0 N–H and O–H groups in total. The summed E-state index contributed by atoms with van der Waals surface area (Å²) in [6.07, 6.45) is -0.601. The molecule has 10 heteroatoms. The molecule has 0 unspecified atom stereocenters. The number of methoxy groups -OCH3 is 1. The van der Waals surface area contributed by atoms with E-state index in [-0.39, 0.29) is 17.0 Å². The molecular formula is C22H35F3N2O4S. The predicted octanol–water partition coefficient (Wildman–Crippen LogP) is 4.01. The lowest BCUT2D eigenvalue weighted by molar-refractivity contribution is -0.137. The van der Waals surface area contributed by atoms with Gasteiger partial charge in [-0.05, 0) is 62.9 Å². The number of ether oxygens (including phenoxy) is 2. The first-order valence-corrected chi connectivity index (χ1v) is 12.5. The van der Waals surface area contributed by atoms with Crippen LogP contribution in [0.4, 0.5) is 13.2 Å². The Morgan fingerprint density at radius 2 is 1.66 bits per heavy atom. The van der Waals surface area contributed by atoms with Crippen molar-refractivity contribution in [3.8, 4) is 0 Å². The molecule has 1 aliphatic rings. The van der Waals surface area contributed by atoms with Gasteiger partial charge in [-0.1, -0.05) is 6.92 Å². The number of rotatable bonds is 12. The summed E-state index contributed by atoms with van der Waals surface area (Å²) in [6.45, 7) is 6.31. The second kappa shape index (κ2) is 12.3. The highest BCUT2D eigenvalue weighted by Gasteiger charge is 2.34. The molecule has 2 rings (SSSR count). The number of sulfonamides is 1. The Morgan fingerprint density at radius 1 is 1.03 bits per heavy atom. The maximum atomic E-state index is 12.9. The number of hydrogen-bond donors (Lipinski definition) is 0. The summed E-state index contributed by atoms with van der Waals surface area (Å²) in [6, 6.07) is 3.47. The van der Waals surface area contributed by atoms with Crippen molar-refractivity contribution in [2.24, 2.45) is 0 Å². The van der Waals surface area contributed by atoms with Gasteiger partial charge in [0.25, 0.3) is 0 Å². The van der Waals surface area contributed by atoms with Crippen molar-refractivity contribution in [2.75, 3.05) is 47.0 Å². The molecule has 0 saturated heterocycles. The molecule has 0 heterocycles. The first kappa shape index (κ1) is 27.0. The fourth-order valence-electron chi connectivity index (χ4n) is 3.94. The van der Waals surface area contributed by atoms with Crippen molar-refractivity contribution in [1.29, 1.82) is 0 Å². The van der Waals surface area contributed by atoms with Crippen LogP contribution >= 0.6 is 0 Å². The summed E-state index contributed by atoms with van der Waals surface area (Å²) >= 11 is 0. The third-order valence-corrected chi connectivity index (χ3v) is 7.97. The Hall–Kier alpha value is -1.20. The van der Waals surface area contributed by atoms with E-state index in [1.54, 1.807) is 7.11 Å². The third kappa shape index (κ3) is 7.69. The van der Waals surface area contributed by atoms with Crippen LogP contribution in [-0.2, 0) is 25.7 Å². The lowest BCUT2D eigenvalue weighted by Crippen LogP contribution is -2.40. The quantitative estimate of drug-likeness (QED) is 0.423. The lowest BCUT2D eigenvalue weighted by Gasteiger charge is -2.34. The summed E-state index contributed by atoms with van der Waals surface area (Å²) in [5.74, 6) is 0. The van der Waals surface area contributed by atoms with Gasteiger partial charge in [-0.15, -0.1) is 0 Å². The van der Waals surface area contributed by atoms with Gasteiger partial charge in [0, 0.05) is 39.9 Å². The summed E-state index contributed by atoms with van der Waals surface area (Å²) < 4.78 is 76.3. The lowest BCUT2D eigenvalue weighted by atomic mass is 9.93. The zero-order valence-electron chi connectivity index (χ0n) is 19.1. The van der Waals surface area contributed by atoms with Gasteiger partial charge >= 0.3 is 6.18 Å². The molecule has 0 spiro atoms. The summed E-state index contributed by atoms with van der Waals surface area (Å²) in [4.78, 5) is 2.19. The van der Waals surface area contributed by atoms with Gasteiger partial charge in [0.1, 0.15) is 0 Å². The minimum absolute atomic E-state index is 0.113. The molecule has 32 heavy (non-hydrogen) atoms. The second-order valence-electron chi connectivity index (χ2n) is 8.13. The van der Waals surface area contributed by atoms with Gasteiger partial charge in [-0.3, -0.25) is 0 Å². The van der Waals surface area contributed by atoms with E-state index in [1.165, 1.54) is 11.4 Å². The molecule has 0 radical (unpaired) electrons. The number of halogens is 3.